The molecule has 1 aromatic rings. The van der Waals surface area contributed by atoms with E-state index in [4.69, 9.17) is 5.73 Å². The van der Waals surface area contributed by atoms with E-state index in [0.29, 0.717) is 5.92 Å². The van der Waals surface area contributed by atoms with Crippen molar-refractivity contribution < 1.29 is 0 Å². The van der Waals surface area contributed by atoms with Crippen LogP contribution in [0.1, 0.15) is 39.2 Å². The van der Waals surface area contributed by atoms with E-state index in [1.54, 1.807) is 0 Å². The van der Waals surface area contributed by atoms with Crippen molar-refractivity contribution in [3.8, 4) is 0 Å². The summed E-state index contributed by atoms with van der Waals surface area (Å²) in [6.45, 7) is 8.38. The van der Waals surface area contributed by atoms with Gasteiger partial charge in [-0.05, 0) is 43.5 Å². The van der Waals surface area contributed by atoms with Crippen molar-refractivity contribution in [2.24, 2.45) is 5.73 Å². The van der Waals surface area contributed by atoms with Crippen LogP contribution in [0.2, 0.25) is 0 Å². The Labute approximate surface area is 111 Å². The average molecular weight is 244 g/mol. The number of rotatable bonds is 5. The van der Waals surface area contributed by atoms with Crippen LogP contribution in [0.25, 0.3) is 0 Å². The fourth-order valence-corrected chi connectivity index (χ4v) is 1.61. The van der Waals surface area contributed by atoms with E-state index in [2.05, 4.69) is 43.4 Å². The van der Waals surface area contributed by atoms with Crippen LogP contribution in [0.5, 0.6) is 0 Å². The molecule has 0 aliphatic carbocycles. The maximum Gasteiger partial charge on any atom is 0.0386 e. The zero-order chi connectivity index (χ0) is 13.5. The van der Waals surface area contributed by atoms with Gasteiger partial charge >= 0.3 is 0 Å². The minimum Gasteiger partial charge on any atom is -0.356 e. The smallest absolute Gasteiger partial charge is 0.0386 e. The highest BCUT2D eigenvalue weighted by Crippen LogP contribution is 2.19. The molecule has 0 aromatic heterocycles. The third-order valence-corrected chi connectivity index (χ3v) is 2.73. The van der Waals surface area contributed by atoms with E-state index >= 15 is 0 Å². The van der Waals surface area contributed by atoms with Crippen LogP contribution in [0.3, 0.4) is 0 Å². The third kappa shape index (κ3) is 4.76. The first-order chi connectivity index (χ1) is 8.52. The number of benzene rings is 1. The molecule has 2 heteroatoms. The van der Waals surface area contributed by atoms with Gasteiger partial charge in [-0.2, -0.15) is 0 Å². The summed E-state index contributed by atoms with van der Waals surface area (Å²) < 4.78 is 0. The number of hydrogen-bond acceptors (Lipinski definition) is 2. The molecule has 0 fully saturated rings. The molecule has 2 nitrogen and oxygen atoms in total. The number of anilines is 1. The molecule has 0 amide bonds. The van der Waals surface area contributed by atoms with Crippen molar-refractivity contribution in [2.45, 2.75) is 39.7 Å². The van der Waals surface area contributed by atoms with Crippen molar-refractivity contribution >= 4 is 5.69 Å². The second kappa shape index (κ2) is 7.02. The quantitative estimate of drug-likeness (QED) is 0.767. The highest BCUT2D eigenvalue weighted by atomic mass is 14.9. The number of nitrogens with one attached hydrogen (secondary N) is 1. The van der Waals surface area contributed by atoms with Crippen LogP contribution >= 0.6 is 0 Å². The number of hydrogen-bond donors (Lipinski definition) is 2. The van der Waals surface area contributed by atoms with Crippen molar-refractivity contribution in [3.63, 3.8) is 0 Å². The normalized spacial score (nSPS) is 14.2. The summed E-state index contributed by atoms with van der Waals surface area (Å²) in [4.78, 5) is 0. The molecule has 0 heterocycles. The predicted molar refractivity (Wildman–Crippen MR) is 80.7 cm³/mol. The van der Waals surface area contributed by atoms with Crippen LogP contribution in [-0.2, 0) is 0 Å². The average Bonchev–Trinajstić information content (AvgIpc) is 2.34. The minimum absolute atomic E-state index is 0.0729. The van der Waals surface area contributed by atoms with Crippen LogP contribution < -0.4 is 11.1 Å². The maximum atomic E-state index is 5.71. The largest absolute Gasteiger partial charge is 0.356 e. The molecule has 0 bridgehead atoms. The summed E-state index contributed by atoms with van der Waals surface area (Å²) in [6.07, 6.45) is 6.04. The maximum absolute atomic E-state index is 5.71. The second-order valence-electron chi connectivity index (χ2n) is 4.87. The molecule has 1 atom stereocenters. The summed E-state index contributed by atoms with van der Waals surface area (Å²) in [6, 6.07) is 8.58. The highest BCUT2D eigenvalue weighted by molar-refractivity contribution is 5.52. The highest BCUT2D eigenvalue weighted by Gasteiger charge is 2.00. The molecule has 98 valence electrons. The zero-order valence-electron chi connectivity index (χ0n) is 11.8. The molecule has 1 unspecified atom stereocenters. The van der Waals surface area contributed by atoms with E-state index in [0.717, 1.165) is 11.4 Å². The first-order valence-electron chi connectivity index (χ1n) is 6.50. The van der Waals surface area contributed by atoms with E-state index in [-0.39, 0.29) is 6.04 Å². The van der Waals surface area contributed by atoms with Gasteiger partial charge in [-0.15, -0.1) is 0 Å². The Morgan fingerprint density at radius 2 is 2.00 bits per heavy atom. The lowest BCUT2D eigenvalue weighted by molar-refractivity contribution is 0.867. The van der Waals surface area contributed by atoms with Gasteiger partial charge in [0.2, 0.25) is 0 Å². The summed E-state index contributed by atoms with van der Waals surface area (Å²) in [7, 11) is 0. The fraction of sp³-hybridized carbons (Fsp3) is 0.375. The van der Waals surface area contributed by atoms with Crippen molar-refractivity contribution in [1.82, 2.24) is 0 Å². The van der Waals surface area contributed by atoms with Crippen molar-refractivity contribution in [3.05, 3.63) is 53.8 Å². The van der Waals surface area contributed by atoms with Gasteiger partial charge in [0.05, 0.1) is 0 Å². The fourth-order valence-electron chi connectivity index (χ4n) is 1.61. The van der Waals surface area contributed by atoms with Gasteiger partial charge in [-0.1, -0.05) is 38.1 Å². The van der Waals surface area contributed by atoms with E-state index in [9.17, 15) is 0 Å². The van der Waals surface area contributed by atoms with Crippen LogP contribution in [0.4, 0.5) is 5.69 Å². The monoisotopic (exact) mass is 244 g/mol. The first kappa shape index (κ1) is 14.5. The Bertz CT molecular complexity index is 428. The lowest BCUT2D eigenvalue weighted by Gasteiger charge is -2.11. The van der Waals surface area contributed by atoms with E-state index in [1.165, 1.54) is 5.56 Å². The summed E-state index contributed by atoms with van der Waals surface area (Å²) >= 11 is 0. The standard InChI is InChI=1S/C16H24N2/c1-5-15(10-9-13(4)17)18-16-8-6-7-14(11-16)12(2)3/h5-13,18H,17H2,1-4H3/b10-9-,15-5+. The predicted octanol–water partition coefficient (Wildman–Crippen LogP) is 4.03. The van der Waals surface area contributed by atoms with Crippen LogP contribution in [0, 0.1) is 0 Å². The van der Waals surface area contributed by atoms with Gasteiger partial charge in [0.15, 0.2) is 0 Å². The van der Waals surface area contributed by atoms with Gasteiger partial charge < -0.3 is 11.1 Å². The molecular formula is C16H24N2. The molecule has 1 rings (SSSR count). The lowest BCUT2D eigenvalue weighted by atomic mass is 10.0. The zero-order valence-corrected chi connectivity index (χ0v) is 11.8. The van der Waals surface area contributed by atoms with E-state index < -0.39 is 0 Å². The Kier molecular flexibility index (Phi) is 5.66. The van der Waals surface area contributed by atoms with Gasteiger partial charge in [-0.25, -0.2) is 0 Å². The molecule has 0 spiro atoms. The summed E-state index contributed by atoms with van der Waals surface area (Å²) in [5.74, 6) is 0.542. The Hall–Kier alpha value is -1.54. The second-order valence-corrected chi connectivity index (χ2v) is 4.87. The minimum atomic E-state index is 0.0729. The topological polar surface area (TPSA) is 38.0 Å². The Morgan fingerprint density at radius 3 is 2.56 bits per heavy atom. The molecule has 0 saturated carbocycles. The Balaban J connectivity index is 2.80. The van der Waals surface area contributed by atoms with Crippen LogP contribution in [0.15, 0.2) is 48.2 Å². The number of nitrogens with two attached hydrogens (primary N) is 1. The molecule has 3 N–H and O–H groups in total. The van der Waals surface area contributed by atoms with E-state index in [1.807, 2.05) is 32.1 Å². The lowest BCUT2D eigenvalue weighted by Crippen LogP contribution is -2.10. The van der Waals surface area contributed by atoms with Crippen LogP contribution in [-0.4, -0.2) is 6.04 Å². The van der Waals surface area contributed by atoms with Gasteiger partial charge in [0, 0.05) is 17.4 Å². The summed E-state index contributed by atoms with van der Waals surface area (Å²) in [5.41, 5.74) is 9.23. The van der Waals surface area contributed by atoms with Gasteiger partial charge in [-0.3, -0.25) is 0 Å². The number of allylic oxidation sites excluding steroid dienone is 2. The van der Waals surface area contributed by atoms with Gasteiger partial charge in [0.1, 0.15) is 0 Å². The molecular weight excluding hydrogens is 220 g/mol. The molecule has 0 radical (unpaired) electrons. The molecule has 0 saturated heterocycles. The van der Waals surface area contributed by atoms with Gasteiger partial charge in [0.25, 0.3) is 0 Å². The molecule has 0 aliphatic heterocycles. The molecule has 0 aliphatic rings. The van der Waals surface area contributed by atoms with Crippen molar-refractivity contribution in [1.29, 1.82) is 0 Å². The molecule has 18 heavy (non-hydrogen) atoms. The molecule has 1 aromatic carbocycles. The first-order valence-corrected chi connectivity index (χ1v) is 6.50. The summed E-state index contributed by atoms with van der Waals surface area (Å²) in [5, 5.41) is 3.40. The SMILES string of the molecule is C/C=C(\C=C/C(C)N)Nc1cccc(C(C)C)c1. The van der Waals surface area contributed by atoms with Crippen molar-refractivity contribution in [2.75, 3.05) is 5.32 Å². The third-order valence-electron chi connectivity index (χ3n) is 2.73. The Morgan fingerprint density at radius 1 is 1.28 bits per heavy atom.